The zero-order valence-electron chi connectivity index (χ0n) is 9.25. The van der Waals surface area contributed by atoms with E-state index in [1.165, 1.54) is 11.8 Å². The molecule has 1 heterocycles. The zero-order chi connectivity index (χ0) is 11.5. The number of hydrogen-bond donors (Lipinski definition) is 0. The Bertz CT molecular complexity index is 416. The Morgan fingerprint density at radius 1 is 1.31 bits per heavy atom. The number of benzene rings is 1. The number of anilines is 1. The van der Waals surface area contributed by atoms with Crippen molar-refractivity contribution in [3.63, 3.8) is 0 Å². The third-order valence-corrected chi connectivity index (χ3v) is 2.98. The van der Waals surface area contributed by atoms with Crippen molar-refractivity contribution in [2.24, 2.45) is 5.10 Å². The third-order valence-electron chi connectivity index (χ3n) is 2.07. The van der Waals surface area contributed by atoms with Gasteiger partial charge in [0.1, 0.15) is 0 Å². The van der Waals surface area contributed by atoms with E-state index in [4.69, 9.17) is 0 Å². The Morgan fingerprint density at radius 3 is 2.62 bits per heavy atom. The number of carbonyl (C=O) groups excluding carboxylic acids is 1. The molecule has 84 valence electrons. The van der Waals surface area contributed by atoms with Gasteiger partial charge in [0.05, 0.1) is 11.4 Å². The summed E-state index contributed by atoms with van der Waals surface area (Å²) in [6, 6.07) is 9.58. The summed E-state index contributed by atoms with van der Waals surface area (Å²) >= 11 is 1.47. The number of amides is 1. The van der Waals surface area contributed by atoms with E-state index < -0.39 is 0 Å². The second kappa shape index (κ2) is 4.57. The lowest BCUT2D eigenvalue weighted by atomic mass is 10.3. The van der Waals surface area contributed by atoms with Crippen LogP contribution in [0.25, 0.3) is 0 Å². The molecule has 1 aromatic rings. The van der Waals surface area contributed by atoms with Crippen molar-refractivity contribution in [3.05, 3.63) is 30.3 Å². The summed E-state index contributed by atoms with van der Waals surface area (Å²) < 4.78 is 0. The molecule has 4 nitrogen and oxygen atoms in total. The first-order valence-electron chi connectivity index (χ1n) is 4.95. The van der Waals surface area contributed by atoms with Crippen LogP contribution in [0.2, 0.25) is 0 Å². The number of rotatable bonds is 2. The molecule has 0 saturated carbocycles. The monoisotopic (exact) mass is 235 g/mol. The highest BCUT2D eigenvalue weighted by Crippen LogP contribution is 2.26. The van der Waals surface area contributed by atoms with E-state index in [9.17, 15) is 4.79 Å². The first kappa shape index (κ1) is 11.0. The smallest absolute Gasteiger partial charge is 0.243 e. The van der Waals surface area contributed by atoms with Crippen LogP contribution in [0.4, 0.5) is 5.69 Å². The Balaban J connectivity index is 2.34. The lowest BCUT2D eigenvalue weighted by Gasteiger charge is -2.17. The Hall–Kier alpha value is -1.49. The summed E-state index contributed by atoms with van der Waals surface area (Å²) in [7, 11) is 3.69. The summed E-state index contributed by atoms with van der Waals surface area (Å²) in [4.78, 5) is 13.4. The summed E-state index contributed by atoms with van der Waals surface area (Å²) in [5.74, 6) is 0.540. The van der Waals surface area contributed by atoms with Crippen LogP contribution in [-0.2, 0) is 4.79 Å². The maximum absolute atomic E-state index is 11.8. The van der Waals surface area contributed by atoms with Crippen LogP contribution in [-0.4, -0.2) is 35.9 Å². The molecule has 1 fully saturated rings. The minimum atomic E-state index is 0.0804. The molecule has 1 aromatic carbocycles. The zero-order valence-corrected chi connectivity index (χ0v) is 10.1. The van der Waals surface area contributed by atoms with Gasteiger partial charge < -0.3 is 5.01 Å². The van der Waals surface area contributed by atoms with Gasteiger partial charge in [0.25, 0.3) is 0 Å². The number of hydrogen-bond acceptors (Lipinski definition) is 4. The molecule has 1 saturated heterocycles. The third kappa shape index (κ3) is 2.19. The van der Waals surface area contributed by atoms with Crippen LogP contribution in [0, 0.1) is 0 Å². The van der Waals surface area contributed by atoms with Crippen LogP contribution in [0.3, 0.4) is 0 Å². The second-order valence-corrected chi connectivity index (χ2v) is 4.53. The lowest BCUT2D eigenvalue weighted by Crippen LogP contribution is -2.30. The fourth-order valence-corrected chi connectivity index (χ4v) is 2.38. The van der Waals surface area contributed by atoms with Crippen molar-refractivity contribution >= 4 is 28.5 Å². The van der Waals surface area contributed by atoms with Crippen molar-refractivity contribution < 1.29 is 4.79 Å². The van der Waals surface area contributed by atoms with E-state index in [0.29, 0.717) is 5.75 Å². The van der Waals surface area contributed by atoms with E-state index in [2.05, 4.69) is 5.10 Å². The quantitative estimate of drug-likeness (QED) is 0.730. The molecule has 0 aliphatic carbocycles. The van der Waals surface area contributed by atoms with Gasteiger partial charge >= 0.3 is 0 Å². The molecule has 0 bridgehead atoms. The van der Waals surface area contributed by atoms with Gasteiger partial charge in [-0.25, -0.2) is 0 Å². The van der Waals surface area contributed by atoms with Gasteiger partial charge in [0.2, 0.25) is 5.91 Å². The van der Waals surface area contributed by atoms with Gasteiger partial charge in [-0.1, -0.05) is 30.0 Å². The predicted octanol–water partition coefficient (Wildman–Crippen LogP) is 1.60. The topological polar surface area (TPSA) is 35.9 Å². The molecular weight excluding hydrogens is 222 g/mol. The summed E-state index contributed by atoms with van der Waals surface area (Å²) in [5, 5.41) is 6.75. The molecule has 16 heavy (non-hydrogen) atoms. The Labute approximate surface area is 98.9 Å². The lowest BCUT2D eigenvalue weighted by molar-refractivity contribution is -0.115. The van der Waals surface area contributed by atoms with E-state index in [1.54, 1.807) is 9.91 Å². The number of amidine groups is 1. The van der Waals surface area contributed by atoms with Crippen LogP contribution < -0.4 is 4.90 Å². The maximum atomic E-state index is 11.8. The number of thioether (sulfide) groups is 1. The number of carbonyl (C=O) groups is 1. The molecule has 2 rings (SSSR count). The summed E-state index contributed by atoms with van der Waals surface area (Å²) in [5.41, 5.74) is 0.873. The van der Waals surface area contributed by atoms with Crippen LogP contribution in [0.5, 0.6) is 0 Å². The predicted molar refractivity (Wildman–Crippen MR) is 67.5 cm³/mol. The standard InChI is InChI=1S/C11H13N3OS/c1-13(2)12-11-14(10(15)8-16-11)9-6-4-3-5-7-9/h3-7H,8H2,1-2H3. The van der Waals surface area contributed by atoms with Crippen molar-refractivity contribution in [2.45, 2.75) is 0 Å². The minimum Gasteiger partial charge on any atom is -0.301 e. The second-order valence-electron chi connectivity index (χ2n) is 3.58. The van der Waals surface area contributed by atoms with Gasteiger partial charge in [-0.3, -0.25) is 9.69 Å². The van der Waals surface area contributed by atoms with E-state index in [1.807, 2.05) is 44.4 Å². The van der Waals surface area contributed by atoms with Crippen molar-refractivity contribution in [3.8, 4) is 0 Å². The van der Waals surface area contributed by atoms with Crippen molar-refractivity contribution in [1.82, 2.24) is 5.01 Å². The number of nitrogens with zero attached hydrogens (tertiary/aromatic N) is 3. The SMILES string of the molecule is CN(C)N=C1SCC(=O)N1c1ccccc1. The van der Waals surface area contributed by atoms with Crippen LogP contribution in [0.1, 0.15) is 0 Å². The molecule has 0 spiro atoms. The van der Waals surface area contributed by atoms with Gasteiger partial charge in [-0.2, -0.15) is 5.10 Å². The van der Waals surface area contributed by atoms with Crippen LogP contribution in [0.15, 0.2) is 35.4 Å². The van der Waals surface area contributed by atoms with E-state index in [0.717, 1.165) is 10.9 Å². The average molecular weight is 235 g/mol. The maximum Gasteiger partial charge on any atom is 0.243 e. The number of para-hydroxylation sites is 1. The van der Waals surface area contributed by atoms with Gasteiger partial charge in [0, 0.05) is 14.1 Å². The largest absolute Gasteiger partial charge is 0.301 e. The van der Waals surface area contributed by atoms with Gasteiger partial charge in [0.15, 0.2) is 5.17 Å². The Kier molecular flexibility index (Phi) is 3.14. The summed E-state index contributed by atoms with van der Waals surface area (Å²) in [6.07, 6.45) is 0. The first-order chi connectivity index (χ1) is 7.68. The van der Waals surface area contributed by atoms with E-state index in [-0.39, 0.29) is 5.91 Å². The van der Waals surface area contributed by atoms with Crippen LogP contribution >= 0.6 is 11.8 Å². The highest BCUT2D eigenvalue weighted by molar-refractivity contribution is 8.15. The molecule has 1 aliphatic heterocycles. The molecule has 0 atom stereocenters. The highest BCUT2D eigenvalue weighted by Gasteiger charge is 2.29. The Morgan fingerprint density at radius 2 is 2.00 bits per heavy atom. The number of hydrazone groups is 1. The first-order valence-corrected chi connectivity index (χ1v) is 5.94. The molecular formula is C11H13N3OS. The molecule has 0 unspecified atom stereocenters. The van der Waals surface area contributed by atoms with Crippen molar-refractivity contribution in [2.75, 3.05) is 24.7 Å². The van der Waals surface area contributed by atoms with Crippen molar-refractivity contribution in [1.29, 1.82) is 0 Å². The molecule has 1 amide bonds. The fourth-order valence-electron chi connectivity index (χ4n) is 1.44. The van der Waals surface area contributed by atoms with Gasteiger partial charge in [-0.15, -0.1) is 0 Å². The average Bonchev–Trinajstić information content (AvgIpc) is 2.60. The molecule has 1 aliphatic rings. The highest BCUT2D eigenvalue weighted by atomic mass is 32.2. The van der Waals surface area contributed by atoms with Gasteiger partial charge in [-0.05, 0) is 12.1 Å². The molecule has 0 radical (unpaired) electrons. The molecule has 5 heteroatoms. The fraction of sp³-hybridized carbons (Fsp3) is 0.273. The van der Waals surface area contributed by atoms with E-state index >= 15 is 0 Å². The minimum absolute atomic E-state index is 0.0804. The normalized spacial score (nSPS) is 18.2. The molecule has 0 N–H and O–H groups in total. The molecule has 0 aromatic heterocycles. The summed E-state index contributed by atoms with van der Waals surface area (Å²) in [6.45, 7) is 0.